The summed E-state index contributed by atoms with van der Waals surface area (Å²) in [5.41, 5.74) is 4.40. The lowest BCUT2D eigenvalue weighted by Crippen LogP contribution is -2.39. The standard InChI is InChI=1S/C30H30N2O3/c1-4-35-22-16-14-20(15-17-22)28-27-24(18-30(2,3)19-26(27)33)31-23-12-8-9-13-25(23)32(28)29(34)21-10-6-5-7-11-21/h5-17,28,31H,4,18-19H2,1-3H3/t28-/m0/s1. The fourth-order valence-corrected chi connectivity index (χ4v) is 5.16. The van der Waals surface area contributed by atoms with Gasteiger partial charge in [0.1, 0.15) is 5.75 Å². The first-order chi connectivity index (χ1) is 16.9. The molecule has 2 aliphatic rings. The molecular weight excluding hydrogens is 436 g/mol. The van der Waals surface area contributed by atoms with Gasteiger partial charge in [0.2, 0.25) is 0 Å². The van der Waals surface area contributed by atoms with Crippen LogP contribution in [0.1, 0.15) is 55.6 Å². The molecule has 1 amide bonds. The number of carbonyl (C=O) groups is 2. The number of allylic oxidation sites excluding steroid dienone is 1. The number of benzene rings is 3. The minimum atomic E-state index is -0.562. The molecule has 5 heteroatoms. The Labute approximate surface area is 206 Å². The number of rotatable bonds is 4. The number of ketones is 1. The van der Waals surface area contributed by atoms with Gasteiger partial charge >= 0.3 is 0 Å². The van der Waals surface area contributed by atoms with Gasteiger partial charge in [0, 0.05) is 23.3 Å². The van der Waals surface area contributed by atoms with E-state index in [2.05, 4.69) is 19.2 Å². The van der Waals surface area contributed by atoms with Crippen LogP contribution in [0.3, 0.4) is 0 Å². The minimum Gasteiger partial charge on any atom is -0.494 e. The van der Waals surface area contributed by atoms with E-state index in [-0.39, 0.29) is 17.1 Å². The van der Waals surface area contributed by atoms with E-state index in [0.717, 1.165) is 34.8 Å². The van der Waals surface area contributed by atoms with E-state index in [1.54, 1.807) is 4.90 Å². The first-order valence-corrected chi connectivity index (χ1v) is 12.1. The van der Waals surface area contributed by atoms with E-state index >= 15 is 0 Å². The van der Waals surface area contributed by atoms with Crippen LogP contribution in [-0.4, -0.2) is 18.3 Å². The number of hydrogen-bond donors (Lipinski definition) is 1. The second-order valence-electron chi connectivity index (χ2n) is 9.92. The summed E-state index contributed by atoms with van der Waals surface area (Å²) in [5.74, 6) is 0.682. The van der Waals surface area contributed by atoms with Crippen molar-refractivity contribution in [3.8, 4) is 5.75 Å². The molecule has 1 aliphatic heterocycles. The molecule has 1 heterocycles. The molecule has 178 valence electrons. The van der Waals surface area contributed by atoms with Gasteiger partial charge < -0.3 is 10.1 Å². The highest BCUT2D eigenvalue weighted by molar-refractivity contribution is 6.12. The monoisotopic (exact) mass is 466 g/mol. The zero-order valence-corrected chi connectivity index (χ0v) is 20.4. The number of nitrogens with zero attached hydrogens (tertiary/aromatic N) is 1. The summed E-state index contributed by atoms with van der Waals surface area (Å²) < 4.78 is 5.66. The molecule has 0 saturated heterocycles. The maximum atomic E-state index is 14.1. The van der Waals surface area contributed by atoms with Crippen molar-refractivity contribution in [2.75, 3.05) is 16.8 Å². The number of ether oxygens (including phenoxy) is 1. The van der Waals surface area contributed by atoms with Crippen LogP contribution in [0.2, 0.25) is 0 Å². The summed E-state index contributed by atoms with van der Waals surface area (Å²) >= 11 is 0. The summed E-state index contributed by atoms with van der Waals surface area (Å²) in [6.07, 6.45) is 1.16. The predicted molar refractivity (Wildman–Crippen MR) is 139 cm³/mol. The summed E-state index contributed by atoms with van der Waals surface area (Å²) in [6.45, 7) is 6.75. The molecule has 1 atom stereocenters. The molecule has 0 unspecified atom stereocenters. The zero-order valence-electron chi connectivity index (χ0n) is 20.4. The van der Waals surface area contributed by atoms with Gasteiger partial charge in [-0.05, 0) is 60.7 Å². The van der Waals surface area contributed by atoms with Crippen LogP contribution >= 0.6 is 0 Å². The molecule has 3 aromatic rings. The summed E-state index contributed by atoms with van der Waals surface area (Å²) in [4.78, 5) is 29.6. The molecule has 0 fully saturated rings. The van der Waals surface area contributed by atoms with Gasteiger partial charge in [-0.15, -0.1) is 0 Å². The molecule has 5 nitrogen and oxygen atoms in total. The molecule has 1 N–H and O–H groups in total. The van der Waals surface area contributed by atoms with Crippen molar-refractivity contribution < 1.29 is 14.3 Å². The van der Waals surface area contributed by atoms with Crippen molar-refractivity contribution in [1.29, 1.82) is 0 Å². The molecule has 0 saturated carbocycles. The van der Waals surface area contributed by atoms with Gasteiger partial charge in [0.15, 0.2) is 5.78 Å². The van der Waals surface area contributed by atoms with Crippen molar-refractivity contribution in [2.24, 2.45) is 5.41 Å². The van der Waals surface area contributed by atoms with Gasteiger partial charge in [-0.25, -0.2) is 0 Å². The summed E-state index contributed by atoms with van der Waals surface area (Å²) in [7, 11) is 0. The zero-order chi connectivity index (χ0) is 24.6. The molecular formula is C30H30N2O3. The highest BCUT2D eigenvalue weighted by Crippen LogP contribution is 2.48. The van der Waals surface area contributed by atoms with E-state index in [0.29, 0.717) is 24.2 Å². The van der Waals surface area contributed by atoms with Crippen molar-refractivity contribution in [3.05, 3.63) is 101 Å². The van der Waals surface area contributed by atoms with Crippen molar-refractivity contribution in [3.63, 3.8) is 0 Å². The second kappa shape index (κ2) is 9.06. The molecule has 0 aromatic heterocycles. The Balaban J connectivity index is 1.75. The van der Waals surface area contributed by atoms with Gasteiger partial charge in [0.05, 0.1) is 24.0 Å². The lowest BCUT2D eigenvalue weighted by molar-refractivity contribution is -0.118. The smallest absolute Gasteiger partial charge is 0.259 e. The molecule has 0 bridgehead atoms. The highest BCUT2D eigenvalue weighted by Gasteiger charge is 2.43. The molecule has 35 heavy (non-hydrogen) atoms. The van der Waals surface area contributed by atoms with Crippen LogP contribution in [0.15, 0.2) is 90.1 Å². The van der Waals surface area contributed by atoms with E-state index in [1.165, 1.54) is 0 Å². The molecule has 1 aliphatic carbocycles. The van der Waals surface area contributed by atoms with Gasteiger partial charge in [-0.2, -0.15) is 0 Å². The topological polar surface area (TPSA) is 58.6 Å². The Hall–Kier alpha value is -3.86. The van der Waals surface area contributed by atoms with Crippen LogP contribution in [0.25, 0.3) is 0 Å². The lowest BCUT2D eigenvalue weighted by Gasteiger charge is -2.37. The van der Waals surface area contributed by atoms with Crippen LogP contribution < -0.4 is 15.0 Å². The lowest BCUT2D eigenvalue weighted by atomic mass is 9.73. The number of nitrogens with one attached hydrogen (secondary N) is 1. The third kappa shape index (κ3) is 4.34. The number of amides is 1. The largest absolute Gasteiger partial charge is 0.494 e. The van der Waals surface area contributed by atoms with Crippen molar-refractivity contribution in [1.82, 2.24) is 0 Å². The van der Waals surface area contributed by atoms with E-state index < -0.39 is 6.04 Å². The molecule has 0 spiro atoms. The Morgan fingerprint density at radius 3 is 2.37 bits per heavy atom. The second-order valence-corrected chi connectivity index (χ2v) is 9.92. The quantitative estimate of drug-likeness (QED) is 0.474. The third-order valence-corrected chi connectivity index (χ3v) is 6.65. The van der Waals surface area contributed by atoms with Gasteiger partial charge in [-0.3, -0.25) is 14.5 Å². The SMILES string of the molecule is CCOc1ccc([C@H]2C3=C(CC(C)(C)CC3=O)Nc3ccccc3N2C(=O)c2ccccc2)cc1. The van der Waals surface area contributed by atoms with Crippen LogP contribution in [0.5, 0.6) is 5.75 Å². The van der Waals surface area contributed by atoms with E-state index in [1.807, 2.05) is 85.8 Å². The number of Topliss-reactive ketones (excluding diaryl/α,β-unsaturated/α-hetero) is 1. The Bertz CT molecular complexity index is 1290. The first kappa shape index (κ1) is 22.9. The number of hydrogen-bond acceptors (Lipinski definition) is 4. The third-order valence-electron chi connectivity index (χ3n) is 6.65. The average Bonchev–Trinajstić information content (AvgIpc) is 2.98. The predicted octanol–water partition coefficient (Wildman–Crippen LogP) is 6.54. The Morgan fingerprint density at radius 2 is 1.66 bits per heavy atom. The summed E-state index contributed by atoms with van der Waals surface area (Å²) in [6, 6.07) is 24.2. The van der Waals surface area contributed by atoms with Crippen LogP contribution in [0.4, 0.5) is 11.4 Å². The Kier molecular flexibility index (Phi) is 5.93. The van der Waals surface area contributed by atoms with Crippen molar-refractivity contribution in [2.45, 2.75) is 39.7 Å². The maximum Gasteiger partial charge on any atom is 0.259 e. The average molecular weight is 467 g/mol. The first-order valence-electron chi connectivity index (χ1n) is 12.1. The van der Waals surface area contributed by atoms with E-state index in [9.17, 15) is 9.59 Å². The molecule has 5 rings (SSSR count). The number of carbonyl (C=O) groups excluding carboxylic acids is 2. The van der Waals surface area contributed by atoms with E-state index in [4.69, 9.17) is 4.74 Å². The number of anilines is 2. The normalized spacial score (nSPS) is 18.8. The highest BCUT2D eigenvalue weighted by atomic mass is 16.5. The number of para-hydroxylation sites is 2. The van der Waals surface area contributed by atoms with Crippen LogP contribution in [0, 0.1) is 5.41 Å². The maximum absolute atomic E-state index is 14.1. The fourth-order valence-electron chi connectivity index (χ4n) is 5.16. The molecule has 3 aromatic carbocycles. The van der Waals surface area contributed by atoms with Crippen LogP contribution in [-0.2, 0) is 4.79 Å². The minimum absolute atomic E-state index is 0.0707. The molecule has 0 radical (unpaired) electrons. The summed E-state index contributed by atoms with van der Waals surface area (Å²) in [5, 5.41) is 3.56. The Morgan fingerprint density at radius 1 is 0.971 bits per heavy atom. The fraction of sp³-hybridized carbons (Fsp3) is 0.267. The number of fused-ring (bicyclic) bond motifs is 1. The van der Waals surface area contributed by atoms with Crippen molar-refractivity contribution >= 4 is 23.1 Å². The van der Waals surface area contributed by atoms with Gasteiger partial charge in [-0.1, -0.05) is 56.3 Å². The van der Waals surface area contributed by atoms with Gasteiger partial charge in [0.25, 0.3) is 5.91 Å².